The second-order valence-electron chi connectivity index (χ2n) is 4.64. The average Bonchev–Trinajstić information content (AvgIpc) is 2.68. The van der Waals surface area contributed by atoms with Gasteiger partial charge in [0.25, 0.3) is 0 Å². The zero-order chi connectivity index (χ0) is 13.1. The third-order valence-corrected chi connectivity index (χ3v) is 2.96. The molecule has 0 saturated carbocycles. The summed E-state index contributed by atoms with van der Waals surface area (Å²) in [6.07, 6.45) is 1.61. The van der Waals surface area contributed by atoms with Gasteiger partial charge in [0, 0.05) is 22.3 Å². The number of carbonyl (C=O) groups excluding carboxylic acids is 1. The van der Waals surface area contributed by atoms with Crippen LogP contribution in [0, 0.1) is 6.92 Å². The Bertz CT molecular complexity index is 565. The number of nitrogens with one attached hydrogen (secondary N) is 2. The SMILES string of the molecule is CCCC(N)C(=O)Nc1ccc2[nH]c(C)cc2c1.Cl. The number of rotatable bonds is 4. The van der Waals surface area contributed by atoms with Crippen LogP contribution < -0.4 is 11.1 Å². The second-order valence-corrected chi connectivity index (χ2v) is 4.64. The van der Waals surface area contributed by atoms with Crippen LogP contribution in [-0.4, -0.2) is 16.9 Å². The van der Waals surface area contributed by atoms with E-state index in [1.165, 1.54) is 0 Å². The molecule has 19 heavy (non-hydrogen) atoms. The molecule has 0 aliphatic rings. The maximum Gasteiger partial charge on any atom is 0.241 e. The predicted octanol–water partition coefficient (Wildman–Crippen LogP) is 2.96. The molecule has 2 rings (SSSR count). The topological polar surface area (TPSA) is 70.9 Å². The number of aryl methyl sites for hydroxylation is 1. The van der Waals surface area contributed by atoms with Gasteiger partial charge in [0.15, 0.2) is 0 Å². The molecule has 1 amide bonds. The third kappa shape index (κ3) is 3.72. The fraction of sp³-hybridized carbons (Fsp3) is 0.357. The van der Waals surface area contributed by atoms with Gasteiger partial charge in [-0.25, -0.2) is 0 Å². The number of aromatic nitrogens is 1. The van der Waals surface area contributed by atoms with Crippen LogP contribution in [0.2, 0.25) is 0 Å². The molecule has 0 radical (unpaired) electrons. The summed E-state index contributed by atoms with van der Waals surface area (Å²) < 4.78 is 0. The van der Waals surface area contributed by atoms with Crippen molar-refractivity contribution in [1.82, 2.24) is 4.98 Å². The van der Waals surface area contributed by atoms with Crippen molar-refractivity contribution < 1.29 is 4.79 Å². The Morgan fingerprint density at radius 2 is 2.16 bits per heavy atom. The normalized spacial score (nSPS) is 11.9. The van der Waals surface area contributed by atoms with Gasteiger partial charge in [-0.2, -0.15) is 0 Å². The van der Waals surface area contributed by atoms with Gasteiger partial charge in [-0.1, -0.05) is 13.3 Å². The van der Waals surface area contributed by atoms with E-state index >= 15 is 0 Å². The van der Waals surface area contributed by atoms with Crippen molar-refractivity contribution in [3.05, 3.63) is 30.0 Å². The lowest BCUT2D eigenvalue weighted by atomic mass is 10.1. The molecule has 0 fully saturated rings. The molecule has 0 aliphatic carbocycles. The number of carbonyl (C=O) groups is 1. The lowest BCUT2D eigenvalue weighted by molar-refractivity contribution is -0.117. The molecule has 1 heterocycles. The van der Waals surface area contributed by atoms with Gasteiger partial charge in [-0.05, 0) is 37.6 Å². The van der Waals surface area contributed by atoms with Crippen LogP contribution in [0.5, 0.6) is 0 Å². The van der Waals surface area contributed by atoms with Crippen molar-refractivity contribution in [2.75, 3.05) is 5.32 Å². The molecule has 1 aromatic carbocycles. The summed E-state index contributed by atoms with van der Waals surface area (Å²) in [5, 5.41) is 3.94. The number of halogens is 1. The highest BCUT2D eigenvalue weighted by atomic mass is 35.5. The molecule has 2 aromatic rings. The first-order valence-electron chi connectivity index (χ1n) is 6.26. The van der Waals surface area contributed by atoms with Gasteiger partial charge in [-0.15, -0.1) is 12.4 Å². The molecular weight excluding hydrogens is 262 g/mol. The van der Waals surface area contributed by atoms with Crippen molar-refractivity contribution in [1.29, 1.82) is 0 Å². The highest BCUT2D eigenvalue weighted by Gasteiger charge is 2.12. The van der Waals surface area contributed by atoms with Crippen LogP contribution in [0.25, 0.3) is 10.9 Å². The van der Waals surface area contributed by atoms with Gasteiger partial charge in [0.1, 0.15) is 0 Å². The minimum atomic E-state index is -0.432. The Morgan fingerprint density at radius 3 is 2.84 bits per heavy atom. The fourth-order valence-corrected chi connectivity index (χ4v) is 2.03. The minimum Gasteiger partial charge on any atom is -0.359 e. The third-order valence-electron chi connectivity index (χ3n) is 2.96. The fourth-order valence-electron chi connectivity index (χ4n) is 2.03. The molecule has 5 heteroatoms. The van der Waals surface area contributed by atoms with Crippen molar-refractivity contribution in [3.8, 4) is 0 Å². The van der Waals surface area contributed by atoms with Crippen molar-refractivity contribution in [2.45, 2.75) is 32.7 Å². The van der Waals surface area contributed by atoms with E-state index in [1.54, 1.807) is 0 Å². The monoisotopic (exact) mass is 281 g/mol. The summed E-state index contributed by atoms with van der Waals surface area (Å²) in [4.78, 5) is 15.0. The van der Waals surface area contributed by atoms with Crippen LogP contribution in [0.15, 0.2) is 24.3 Å². The number of hydrogen-bond donors (Lipinski definition) is 3. The molecule has 0 spiro atoms. The van der Waals surface area contributed by atoms with E-state index in [9.17, 15) is 4.79 Å². The van der Waals surface area contributed by atoms with Crippen LogP contribution in [0.1, 0.15) is 25.5 Å². The first-order valence-corrected chi connectivity index (χ1v) is 6.26. The number of amides is 1. The van der Waals surface area contributed by atoms with Crippen LogP contribution in [0.4, 0.5) is 5.69 Å². The van der Waals surface area contributed by atoms with Gasteiger partial charge >= 0.3 is 0 Å². The van der Waals surface area contributed by atoms with E-state index in [-0.39, 0.29) is 18.3 Å². The van der Waals surface area contributed by atoms with E-state index < -0.39 is 6.04 Å². The van der Waals surface area contributed by atoms with Crippen LogP contribution in [0.3, 0.4) is 0 Å². The Kier molecular flexibility index (Phi) is 5.39. The molecule has 1 atom stereocenters. The number of fused-ring (bicyclic) bond motifs is 1. The predicted molar refractivity (Wildman–Crippen MR) is 81.8 cm³/mol. The van der Waals surface area contributed by atoms with Gasteiger partial charge in [0.05, 0.1) is 6.04 Å². The number of anilines is 1. The van der Waals surface area contributed by atoms with E-state index in [1.807, 2.05) is 32.0 Å². The highest BCUT2D eigenvalue weighted by Crippen LogP contribution is 2.19. The Balaban J connectivity index is 0.00000180. The van der Waals surface area contributed by atoms with Gasteiger partial charge in [0.2, 0.25) is 5.91 Å². The molecule has 4 N–H and O–H groups in total. The molecular formula is C14H20ClN3O. The standard InChI is InChI=1S/C14H19N3O.ClH/c1-3-4-12(15)14(18)17-11-5-6-13-10(8-11)7-9(2)16-13;/h5-8,12,16H,3-4,15H2,1-2H3,(H,17,18);1H. The summed E-state index contributed by atoms with van der Waals surface area (Å²) >= 11 is 0. The smallest absolute Gasteiger partial charge is 0.241 e. The second kappa shape index (κ2) is 6.59. The lowest BCUT2D eigenvalue weighted by Gasteiger charge is -2.11. The van der Waals surface area contributed by atoms with E-state index in [4.69, 9.17) is 5.73 Å². The summed E-state index contributed by atoms with van der Waals surface area (Å²) in [7, 11) is 0. The number of hydrogen-bond acceptors (Lipinski definition) is 2. The first-order chi connectivity index (χ1) is 8.60. The highest BCUT2D eigenvalue weighted by molar-refractivity contribution is 5.96. The average molecular weight is 282 g/mol. The quantitative estimate of drug-likeness (QED) is 0.806. The largest absolute Gasteiger partial charge is 0.359 e. The molecule has 4 nitrogen and oxygen atoms in total. The first kappa shape index (κ1) is 15.5. The van der Waals surface area contributed by atoms with Crippen molar-refractivity contribution in [2.24, 2.45) is 5.73 Å². The van der Waals surface area contributed by atoms with E-state index in [0.717, 1.165) is 28.7 Å². The molecule has 0 saturated heterocycles. The molecule has 0 bridgehead atoms. The van der Waals surface area contributed by atoms with Gasteiger partial charge < -0.3 is 16.0 Å². The Labute approximate surface area is 119 Å². The van der Waals surface area contributed by atoms with E-state index in [2.05, 4.69) is 16.4 Å². The number of aromatic amines is 1. The summed E-state index contributed by atoms with van der Waals surface area (Å²) in [5.41, 5.74) is 8.74. The lowest BCUT2D eigenvalue weighted by Crippen LogP contribution is -2.35. The van der Waals surface area contributed by atoms with Crippen molar-refractivity contribution >= 4 is 34.9 Å². The molecule has 1 aromatic heterocycles. The van der Waals surface area contributed by atoms with E-state index in [0.29, 0.717) is 6.42 Å². The molecule has 1 unspecified atom stereocenters. The Hall–Kier alpha value is -1.52. The molecule has 0 aliphatic heterocycles. The van der Waals surface area contributed by atoms with Crippen LogP contribution in [-0.2, 0) is 4.79 Å². The Morgan fingerprint density at radius 1 is 1.42 bits per heavy atom. The van der Waals surface area contributed by atoms with Gasteiger partial charge in [-0.3, -0.25) is 4.79 Å². The minimum absolute atomic E-state index is 0. The van der Waals surface area contributed by atoms with Crippen LogP contribution >= 0.6 is 12.4 Å². The zero-order valence-corrected chi connectivity index (χ0v) is 12.0. The van der Waals surface area contributed by atoms with Crippen molar-refractivity contribution in [3.63, 3.8) is 0 Å². The summed E-state index contributed by atoms with van der Waals surface area (Å²) in [6.45, 7) is 4.02. The zero-order valence-electron chi connectivity index (χ0n) is 11.2. The number of H-pyrrole nitrogens is 1. The number of nitrogens with two attached hydrogens (primary N) is 1. The summed E-state index contributed by atoms with van der Waals surface area (Å²) in [5.74, 6) is -0.122. The maximum atomic E-state index is 11.8. The summed E-state index contributed by atoms with van der Waals surface area (Å²) in [6, 6.07) is 7.42. The maximum absolute atomic E-state index is 11.8. The number of benzene rings is 1. The molecule has 104 valence electrons.